The van der Waals surface area contributed by atoms with Crippen LogP contribution in [0.3, 0.4) is 0 Å². The summed E-state index contributed by atoms with van der Waals surface area (Å²) in [5, 5.41) is 54.2. The summed E-state index contributed by atoms with van der Waals surface area (Å²) in [6.45, 7) is 0. The first-order valence-corrected chi connectivity index (χ1v) is 7.58. The van der Waals surface area contributed by atoms with Crippen LogP contribution >= 0.6 is 0 Å². The second-order valence-electron chi connectivity index (χ2n) is 5.50. The van der Waals surface area contributed by atoms with Crippen LogP contribution in [0.1, 0.15) is 51.4 Å². The van der Waals surface area contributed by atoms with Crippen LogP contribution < -0.4 is 0 Å². The minimum absolute atomic E-state index is 0.166. The van der Waals surface area contributed by atoms with Gasteiger partial charge in [0, 0.05) is 25.7 Å². The van der Waals surface area contributed by atoms with Gasteiger partial charge >= 0.3 is 0 Å². The van der Waals surface area contributed by atoms with E-state index < -0.39 is 10.8 Å². The van der Waals surface area contributed by atoms with E-state index in [9.17, 15) is 10.5 Å². The van der Waals surface area contributed by atoms with Gasteiger partial charge in [0.2, 0.25) is 0 Å². The van der Waals surface area contributed by atoms with Crippen molar-refractivity contribution in [2.75, 3.05) is 0 Å². The molecule has 24 heavy (non-hydrogen) atoms. The van der Waals surface area contributed by atoms with Gasteiger partial charge in [0.05, 0.1) is 47.2 Å². The first-order valence-electron chi connectivity index (χ1n) is 7.58. The first kappa shape index (κ1) is 20.7. The molecule has 0 aliphatic carbocycles. The van der Waals surface area contributed by atoms with Crippen molar-refractivity contribution < 1.29 is 0 Å². The lowest BCUT2D eigenvalue weighted by Crippen LogP contribution is -2.20. The number of hydrogen-bond donors (Lipinski definition) is 0. The predicted octanol–water partition coefficient (Wildman–Crippen LogP) is 3.78. The van der Waals surface area contributed by atoms with Gasteiger partial charge in [0.15, 0.2) is 0 Å². The average molecular weight is 318 g/mol. The van der Waals surface area contributed by atoms with Crippen LogP contribution in [0.25, 0.3) is 0 Å². The zero-order chi connectivity index (χ0) is 18.3. The van der Waals surface area contributed by atoms with Crippen molar-refractivity contribution in [1.29, 1.82) is 31.6 Å². The van der Waals surface area contributed by atoms with E-state index in [1.54, 1.807) is 12.2 Å². The zero-order valence-corrected chi connectivity index (χ0v) is 13.5. The van der Waals surface area contributed by atoms with Crippen LogP contribution in [0.15, 0.2) is 12.2 Å². The average Bonchev–Trinajstić information content (AvgIpc) is 2.63. The Hall–Kier alpha value is -3.32. The second-order valence-corrected chi connectivity index (χ2v) is 5.50. The minimum Gasteiger partial charge on any atom is -0.198 e. The molecule has 0 aromatic carbocycles. The molecule has 0 aliphatic heterocycles. The fourth-order valence-corrected chi connectivity index (χ4v) is 2.32. The molecule has 0 bridgehead atoms. The van der Waals surface area contributed by atoms with E-state index in [0.717, 1.165) is 0 Å². The van der Waals surface area contributed by atoms with Crippen molar-refractivity contribution in [1.82, 2.24) is 0 Å². The molecule has 0 amide bonds. The lowest BCUT2D eigenvalue weighted by molar-refractivity contribution is 0.407. The van der Waals surface area contributed by atoms with Crippen LogP contribution in [0.4, 0.5) is 0 Å². The Morgan fingerprint density at radius 2 is 0.750 bits per heavy atom. The molecule has 6 heteroatoms. The quantitative estimate of drug-likeness (QED) is 0.560. The highest BCUT2D eigenvalue weighted by Crippen LogP contribution is 2.36. The number of nitrogens with zero attached hydrogens (tertiary/aromatic N) is 6. The van der Waals surface area contributed by atoms with E-state index in [4.69, 9.17) is 21.0 Å². The smallest absolute Gasteiger partial charge is 0.0773 e. The molecule has 6 nitrogen and oxygen atoms in total. The molecule has 0 atom stereocenters. The van der Waals surface area contributed by atoms with E-state index in [1.807, 2.05) is 24.3 Å². The topological polar surface area (TPSA) is 143 Å². The van der Waals surface area contributed by atoms with Crippen LogP contribution in [0.2, 0.25) is 0 Å². The summed E-state index contributed by atoms with van der Waals surface area (Å²) in [4.78, 5) is 0. The van der Waals surface area contributed by atoms with E-state index >= 15 is 0 Å². The van der Waals surface area contributed by atoms with E-state index in [0.29, 0.717) is 0 Å². The Labute approximate surface area is 143 Å². The summed E-state index contributed by atoms with van der Waals surface area (Å²) in [5.74, 6) is 0. The second kappa shape index (κ2) is 11.3. The summed E-state index contributed by atoms with van der Waals surface area (Å²) in [5.41, 5.74) is -1.99. The summed E-state index contributed by atoms with van der Waals surface area (Å²) in [7, 11) is 0. The predicted molar refractivity (Wildman–Crippen MR) is 84.6 cm³/mol. The molecular formula is C18H18N6. The van der Waals surface area contributed by atoms with Gasteiger partial charge in [0.1, 0.15) is 0 Å². The minimum atomic E-state index is -0.993. The molecule has 0 fully saturated rings. The van der Waals surface area contributed by atoms with Crippen molar-refractivity contribution in [3.05, 3.63) is 12.2 Å². The third-order valence-electron chi connectivity index (χ3n) is 3.90. The third-order valence-corrected chi connectivity index (χ3v) is 3.90. The molecule has 0 heterocycles. The highest BCUT2D eigenvalue weighted by atomic mass is 14.4. The Bertz CT molecular complexity index is 582. The maximum Gasteiger partial charge on any atom is 0.0773 e. The number of hydrogen-bond acceptors (Lipinski definition) is 6. The van der Waals surface area contributed by atoms with Gasteiger partial charge in [-0.25, -0.2) is 0 Å². The molecule has 0 aromatic rings. The van der Waals surface area contributed by atoms with Crippen LogP contribution in [0, 0.1) is 78.8 Å². The lowest BCUT2D eigenvalue weighted by Gasteiger charge is -2.25. The molecular weight excluding hydrogens is 300 g/mol. The van der Waals surface area contributed by atoms with Crippen LogP contribution in [-0.2, 0) is 0 Å². The molecule has 0 spiro atoms. The van der Waals surface area contributed by atoms with Crippen molar-refractivity contribution in [2.24, 2.45) is 10.8 Å². The van der Waals surface area contributed by atoms with Gasteiger partial charge in [-0.1, -0.05) is 12.2 Å². The molecule has 0 saturated carbocycles. The fraction of sp³-hybridized carbons (Fsp3) is 0.556. The molecule has 0 radical (unpaired) electrons. The van der Waals surface area contributed by atoms with Gasteiger partial charge in [-0.15, -0.1) is 0 Å². The molecule has 0 unspecified atom stereocenters. The molecule has 120 valence electrons. The lowest BCUT2D eigenvalue weighted by atomic mass is 9.75. The highest BCUT2D eigenvalue weighted by molar-refractivity contribution is 5.21. The summed E-state index contributed by atoms with van der Waals surface area (Å²) in [6.07, 6.45) is 4.95. The van der Waals surface area contributed by atoms with E-state index in [-0.39, 0.29) is 51.4 Å². The number of allylic oxidation sites excluding steroid dienone is 2. The normalized spacial score (nSPS) is 10.6. The maximum atomic E-state index is 9.54. The first-order chi connectivity index (χ1) is 11.6. The Morgan fingerprint density at radius 3 is 0.917 bits per heavy atom. The number of nitriles is 6. The highest BCUT2D eigenvalue weighted by Gasteiger charge is 2.31. The van der Waals surface area contributed by atoms with Gasteiger partial charge in [0.25, 0.3) is 0 Å². The Morgan fingerprint density at radius 1 is 0.500 bits per heavy atom. The van der Waals surface area contributed by atoms with Gasteiger partial charge in [-0.2, -0.15) is 31.6 Å². The molecule has 0 rings (SSSR count). The third kappa shape index (κ3) is 6.63. The van der Waals surface area contributed by atoms with Crippen molar-refractivity contribution >= 4 is 0 Å². The van der Waals surface area contributed by atoms with Crippen molar-refractivity contribution in [3.63, 3.8) is 0 Å². The van der Waals surface area contributed by atoms with E-state index in [1.165, 1.54) is 0 Å². The summed E-state index contributed by atoms with van der Waals surface area (Å²) < 4.78 is 0. The SMILES string of the molecule is N#CCCC(C#N)(/C=C/C(C#N)(CCC#N)CCC#N)CCC#N. The van der Waals surface area contributed by atoms with E-state index in [2.05, 4.69) is 12.1 Å². The largest absolute Gasteiger partial charge is 0.198 e. The Kier molecular flexibility index (Phi) is 9.71. The van der Waals surface area contributed by atoms with Crippen LogP contribution in [-0.4, -0.2) is 0 Å². The maximum absolute atomic E-state index is 9.54. The molecule has 0 aliphatic rings. The Balaban J connectivity index is 5.64. The summed E-state index contributed by atoms with van der Waals surface area (Å²) >= 11 is 0. The fourth-order valence-electron chi connectivity index (χ4n) is 2.32. The zero-order valence-electron chi connectivity index (χ0n) is 13.5. The monoisotopic (exact) mass is 318 g/mol. The van der Waals surface area contributed by atoms with Gasteiger partial charge in [-0.3, -0.25) is 0 Å². The molecule has 0 N–H and O–H groups in total. The molecule has 0 saturated heterocycles. The number of rotatable bonds is 10. The van der Waals surface area contributed by atoms with Gasteiger partial charge in [-0.05, 0) is 25.7 Å². The van der Waals surface area contributed by atoms with Gasteiger partial charge < -0.3 is 0 Å². The van der Waals surface area contributed by atoms with Crippen molar-refractivity contribution in [2.45, 2.75) is 51.4 Å². The molecule has 0 aromatic heterocycles. The summed E-state index contributed by atoms with van der Waals surface area (Å²) in [6, 6.07) is 12.3. The standard InChI is InChI=1S/C18H18N6/c19-11-1-5-17(15-23,6-2-12-20)9-10-18(16-24,7-3-13-21)8-4-14-22/h9-10H,1-8H2/b10-9+. The van der Waals surface area contributed by atoms with Crippen molar-refractivity contribution in [3.8, 4) is 36.4 Å². The van der Waals surface area contributed by atoms with Crippen LogP contribution in [0.5, 0.6) is 0 Å².